The molecule has 0 aliphatic carbocycles. The van der Waals surface area contributed by atoms with Gasteiger partial charge in [0.2, 0.25) is 0 Å². The summed E-state index contributed by atoms with van der Waals surface area (Å²) in [5.41, 5.74) is -4.80. The van der Waals surface area contributed by atoms with E-state index < -0.39 is 46.6 Å². The highest BCUT2D eigenvalue weighted by Gasteiger charge is 2.42. The van der Waals surface area contributed by atoms with Gasteiger partial charge >= 0.3 is 6.18 Å². The molecule has 1 heterocycles. The van der Waals surface area contributed by atoms with Gasteiger partial charge in [0.05, 0.1) is 4.47 Å². The van der Waals surface area contributed by atoms with Crippen molar-refractivity contribution in [1.29, 1.82) is 0 Å². The minimum Gasteiger partial charge on any atom is -0.315 e. The van der Waals surface area contributed by atoms with E-state index in [9.17, 15) is 35.5 Å². The first kappa shape index (κ1) is 19.2. The fourth-order valence-corrected chi connectivity index (χ4v) is 2.37. The number of aromatic nitrogens is 2. The molecule has 1 aromatic heterocycles. The van der Waals surface area contributed by atoms with Crippen molar-refractivity contribution in [1.82, 2.24) is 9.78 Å². The number of rotatable bonds is 3. The average Bonchev–Trinajstić information content (AvgIpc) is 2.89. The van der Waals surface area contributed by atoms with Crippen molar-refractivity contribution >= 4 is 27.5 Å². The van der Waals surface area contributed by atoms with E-state index in [-0.39, 0.29) is 10.2 Å². The number of nitrogens with one attached hydrogen (secondary N) is 1. The molecule has 4 nitrogen and oxygen atoms in total. The molecule has 0 radical (unpaired) electrons. The highest BCUT2D eigenvalue weighted by Crippen LogP contribution is 2.38. The van der Waals surface area contributed by atoms with Gasteiger partial charge in [-0.15, -0.1) is 0 Å². The molecule has 12 heteroatoms. The van der Waals surface area contributed by atoms with Gasteiger partial charge in [0.15, 0.2) is 29.0 Å². The van der Waals surface area contributed by atoms with Gasteiger partial charge < -0.3 is 5.32 Å². The predicted molar refractivity (Wildman–Crippen MR) is 74.8 cm³/mol. The van der Waals surface area contributed by atoms with E-state index in [0.29, 0.717) is 6.54 Å². The molecule has 0 bridgehead atoms. The fourth-order valence-electron chi connectivity index (χ4n) is 1.88. The van der Waals surface area contributed by atoms with Crippen LogP contribution >= 0.6 is 15.9 Å². The first-order valence-electron chi connectivity index (χ1n) is 6.46. The smallest absolute Gasteiger partial charge is 0.315 e. The SMILES string of the molecule is CCn1cc(Br)c(C(=O)Nc2c(F)c(F)c(C(F)(F)F)c(F)c2F)n1. The molecule has 0 aliphatic rings. The Bertz CT molecular complexity index is 818. The molecule has 0 atom stereocenters. The molecule has 2 aromatic rings. The number of alkyl halides is 3. The van der Waals surface area contributed by atoms with E-state index >= 15 is 0 Å². The number of anilines is 1. The van der Waals surface area contributed by atoms with Crippen LogP contribution in [0.2, 0.25) is 0 Å². The fraction of sp³-hybridized carbons (Fsp3) is 0.231. The topological polar surface area (TPSA) is 46.9 Å². The molecule has 0 saturated carbocycles. The molecule has 0 fully saturated rings. The summed E-state index contributed by atoms with van der Waals surface area (Å²) in [5, 5.41) is 5.22. The average molecular weight is 434 g/mol. The van der Waals surface area contributed by atoms with E-state index in [4.69, 9.17) is 0 Å². The number of carbonyl (C=O) groups excluding carboxylic acids is 1. The van der Waals surface area contributed by atoms with Crippen LogP contribution in [0.3, 0.4) is 0 Å². The maximum Gasteiger partial charge on any atom is 0.422 e. The molecule has 0 saturated heterocycles. The van der Waals surface area contributed by atoms with Gasteiger partial charge in [-0.3, -0.25) is 9.48 Å². The van der Waals surface area contributed by atoms with Crippen LogP contribution in [0.4, 0.5) is 36.4 Å². The lowest BCUT2D eigenvalue weighted by atomic mass is 10.1. The Morgan fingerprint density at radius 1 is 1.16 bits per heavy atom. The lowest BCUT2D eigenvalue weighted by molar-refractivity contribution is -0.143. The van der Waals surface area contributed by atoms with E-state index in [2.05, 4.69) is 21.0 Å². The van der Waals surface area contributed by atoms with Crippen molar-refractivity contribution in [2.75, 3.05) is 5.32 Å². The summed E-state index contributed by atoms with van der Waals surface area (Å²) < 4.78 is 93.4. The van der Waals surface area contributed by atoms with Gasteiger partial charge in [-0.25, -0.2) is 17.6 Å². The Balaban J connectivity index is 2.50. The second-order valence-electron chi connectivity index (χ2n) is 4.64. The largest absolute Gasteiger partial charge is 0.422 e. The summed E-state index contributed by atoms with van der Waals surface area (Å²) in [5.74, 6) is -11.4. The van der Waals surface area contributed by atoms with Crippen molar-refractivity contribution in [3.8, 4) is 0 Å². The Labute approximate surface area is 143 Å². The monoisotopic (exact) mass is 433 g/mol. The number of halogens is 8. The number of benzene rings is 1. The van der Waals surface area contributed by atoms with Gasteiger partial charge in [0.25, 0.3) is 5.91 Å². The predicted octanol–water partition coefficient (Wildman–Crippen LogP) is 4.49. The molecular formula is C13H7BrF7N3O. The van der Waals surface area contributed by atoms with Crippen molar-refractivity contribution in [2.24, 2.45) is 0 Å². The van der Waals surface area contributed by atoms with E-state index in [1.165, 1.54) is 16.2 Å². The van der Waals surface area contributed by atoms with Crippen molar-refractivity contribution < 1.29 is 35.5 Å². The van der Waals surface area contributed by atoms with Crippen LogP contribution in [0.15, 0.2) is 10.7 Å². The molecule has 0 unspecified atom stereocenters. The molecule has 2 rings (SSSR count). The molecule has 1 amide bonds. The zero-order valence-electron chi connectivity index (χ0n) is 12.1. The zero-order chi connectivity index (χ0) is 19.1. The van der Waals surface area contributed by atoms with E-state index in [1.807, 2.05) is 0 Å². The summed E-state index contributed by atoms with van der Waals surface area (Å²) in [6, 6.07) is 0. The van der Waals surface area contributed by atoms with Gasteiger partial charge in [0.1, 0.15) is 11.3 Å². The molecule has 136 valence electrons. The van der Waals surface area contributed by atoms with E-state index in [0.717, 1.165) is 0 Å². The van der Waals surface area contributed by atoms with Crippen LogP contribution in [-0.4, -0.2) is 15.7 Å². The quantitative estimate of drug-likeness (QED) is 0.572. The van der Waals surface area contributed by atoms with Crippen LogP contribution in [0.25, 0.3) is 0 Å². The van der Waals surface area contributed by atoms with Crippen LogP contribution in [0.5, 0.6) is 0 Å². The lowest BCUT2D eigenvalue weighted by Crippen LogP contribution is -2.21. The van der Waals surface area contributed by atoms with Gasteiger partial charge in [-0.05, 0) is 22.9 Å². The second kappa shape index (κ2) is 6.65. The summed E-state index contributed by atoms with van der Waals surface area (Å²) in [6.07, 6.45) is -4.32. The molecule has 0 spiro atoms. The third-order valence-corrected chi connectivity index (χ3v) is 3.62. The first-order chi connectivity index (χ1) is 11.5. The number of hydrogen-bond donors (Lipinski definition) is 1. The molecule has 1 N–H and O–H groups in total. The number of amides is 1. The van der Waals surface area contributed by atoms with Crippen LogP contribution in [0.1, 0.15) is 23.0 Å². The van der Waals surface area contributed by atoms with Crippen LogP contribution in [0, 0.1) is 23.3 Å². The Morgan fingerprint density at radius 3 is 2.08 bits per heavy atom. The molecule has 25 heavy (non-hydrogen) atoms. The standard InChI is InChI=1S/C13H7BrF7N3O/c1-2-24-3-4(14)10(23-24)12(25)22-11-8(17)6(15)5(13(19,20)21)7(16)9(11)18/h3H,2H2,1H3,(H,22,25). The summed E-state index contributed by atoms with van der Waals surface area (Å²) in [4.78, 5) is 12.0. The molecule has 0 aliphatic heterocycles. The van der Waals surface area contributed by atoms with Gasteiger partial charge in [-0.2, -0.15) is 18.3 Å². The van der Waals surface area contributed by atoms with Crippen LogP contribution < -0.4 is 5.32 Å². The van der Waals surface area contributed by atoms with Gasteiger partial charge in [-0.1, -0.05) is 0 Å². The highest BCUT2D eigenvalue weighted by atomic mass is 79.9. The summed E-state index contributed by atoms with van der Waals surface area (Å²) in [6.45, 7) is 2.00. The number of hydrogen-bond acceptors (Lipinski definition) is 2. The van der Waals surface area contributed by atoms with Gasteiger partial charge in [0, 0.05) is 12.7 Å². The van der Waals surface area contributed by atoms with Crippen molar-refractivity contribution in [3.05, 3.63) is 45.2 Å². The van der Waals surface area contributed by atoms with Crippen molar-refractivity contribution in [3.63, 3.8) is 0 Å². The normalized spacial score (nSPS) is 11.7. The Hall–Kier alpha value is -2.11. The maximum absolute atomic E-state index is 13.7. The third-order valence-electron chi connectivity index (χ3n) is 3.04. The summed E-state index contributed by atoms with van der Waals surface area (Å²) >= 11 is 2.95. The minimum absolute atomic E-state index is 0.0977. The first-order valence-corrected chi connectivity index (χ1v) is 7.25. The number of aryl methyl sites for hydroxylation is 1. The summed E-state index contributed by atoms with van der Waals surface area (Å²) in [7, 11) is 0. The van der Waals surface area contributed by atoms with Crippen molar-refractivity contribution in [2.45, 2.75) is 19.6 Å². The Morgan fingerprint density at radius 2 is 1.68 bits per heavy atom. The number of nitrogens with zero attached hydrogens (tertiary/aromatic N) is 2. The lowest BCUT2D eigenvalue weighted by Gasteiger charge is -2.14. The third kappa shape index (κ3) is 3.48. The molecule has 1 aromatic carbocycles. The minimum atomic E-state index is -5.67. The maximum atomic E-state index is 13.7. The van der Waals surface area contributed by atoms with E-state index in [1.54, 1.807) is 6.92 Å². The highest BCUT2D eigenvalue weighted by molar-refractivity contribution is 9.10. The Kier molecular flexibility index (Phi) is 5.11. The molecular weight excluding hydrogens is 427 g/mol. The zero-order valence-corrected chi connectivity index (χ0v) is 13.7. The number of carbonyl (C=O) groups is 1. The van der Waals surface area contributed by atoms with Crippen LogP contribution in [-0.2, 0) is 12.7 Å². The second-order valence-corrected chi connectivity index (χ2v) is 5.49.